The number of allylic oxidation sites excluding steroid dienone is 1. The molecule has 0 heterocycles. The van der Waals surface area contributed by atoms with E-state index in [-0.39, 0.29) is 5.04 Å². The van der Waals surface area contributed by atoms with Gasteiger partial charge in [-0.3, -0.25) is 0 Å². The summed E-state index contributed by atoms with van der Waals surface area (Å²) in [6, 6.07) is 0. The van der Waals surface area contributed by atoms with E-state index < -0.39 is 18.2 Å². The summed E-state index contributed by atoms with van der Waals surface area (Å²) < 4.78 is 4.90. The fraction of sp³-hybridized carbons (Fsp3) is 0.875. The van der Waals surface area contributed by atoms with Gasteiger partial charge in [-0.15, -0.1) is 0 Å². The molecule has 1 fully saturated rings. The van der Waals surface area contributed by atoms with Crippen LogP contribution in [0.3, 0.4) is 0 Å². The van der Waals surface area contributed by atoms with Crippen molar-refractivity contribution in [1.29, 1.82) is 0 Å². The van der Waals surface area contributed by atoms with E-state index in [1.54, 1.807) is 0 Å². The SMILES string of the molecule is CC(C)(C)[Si](C)(C)O[C@@H](/C=C/C1CCCCC1)C(Cl)(Cl)Cl. The van der Waals surface area contributed by atoms with Gasteiger partial charge >= 0.3 is 0 Å². The molecule has 0 spiro atoms. The molecule has 124 valence electrons. The van der Waals surface area contributed by atoms with Gasteiger partial charge < -0.3 is 4.43 Å². The Morgan fingerprint density at radius 3 is 2.00 bits per heavy atom. The third-order valence-corrected chi connectivity index (χ3v) is 9.86. The second kappa shape index (κ2) is 7.57. The Labute approximate surface area is 146 Å². The van der Waals surface area contributed by atoms with E-state index in [0.29, 0.717) is 5.92 Å². The summed E-state index contributed by atoms with van der Waals surface area (Å²) in [6.07, 6.45) is 10.2. The first-order chi connectivity index (χ1) is 9.43. The van der Waals surface area contributed by atoms with Crippen LogP contribution in [0, 0.1) is 5.92 Å². The van der Waals surface area contributed by atoms with Crippen molar-refractivity contribution in [2.45, 2.75) is 80.9 Å². The lowest BCUT2D eigenvalue weighted by atomic mass is 9.89. The van der Waals surface area contributed by atoms with Gasteiger partial charge in [-0.25, -0.2) is 0 Å². The summed E-state index contributed by atoms with van der Waals surface area (Å²) in [7, 11) is -1.97. The van der Waals surface area contributed by atoms with Gasteiger partial charge in [-0.05, 0) is 36.9 Å². The van der Waals surface area contributed by atoms with Gasteiger partial charge in [-0.2, -0.15) is 0 Å². The molecule has 0 aliphatic heterocycles. The van der Waals surface area contributed by atoms with E-state index in [1.807, 2.05) is 6.08 Å². The van der Waals surface area contributed by atoms with Crippen LogP contribution < -0.4 is 0 Å². The lowest BCUT2D eigenvalue weighted by Gasteiger charge is -2.40. The van der Waals surface area contributed by atoms with Gasteiger partial charge in [0, 0.05) is 0 Å². The summed E-state index contributed by atoms with van der Waals surface area (Å²) in [6.45, 7) is 11.0. The van der Waals surface area contributed by atoms with E-state index in [4.69, 9.17) is 39.2 Å². The number of halogens is 3. The smallest absolute Gasteiger partial charge is 0.218 e. The topological polar surface area (TPSA) is 9.23 Å². The Kier molecular flexibility index (Phi) is 7.15. The number of hydrogen-bond donors (Lipinski definition) is 0. The highest BCUT2D eigenvalue weighted by Crippen LogP contribution is 2.42. The third-order valence-electron chi connectivity index (χ3n) is 4.76. The van der Waals surface area contributed by atoms with Gasteiger partial charge in [-0.1, -0.05) is 87.0 Å². The van der Waals surface area contributed by atoms with Gasteiger partial charge in [0.25, 0.3) is 0 Å². The van der Waals surface area contributed by atoms with Gasteiger partial charge in [0.2, 0.25) is 3.79 Å². The molecule has 1 atom stereocenters. The quantitative estimate of drug-likeness (QED) is 0.297. The minimum atomic E-state index is -1.97. The maximum Gasteiger partial charge on any atom is 0.218 e. The van der Waals surface area contributed by atoms with E-state index in [9.17, 15) is 0 Å². The Balaban J connectivity index is 2.79. The van der Waals surface area contributed by atoms with Crippen molar-refractivity contribution in [3.05, 3.63) is 12.2 Å². The Morgan fingerprint density at radius 1 is 1.05 bits per heavy atom. The van der Waals surface area contributed by atoms with Crippen molar-refractivity contribution in [3.8, 4) is 0 Å². The minimum Gasteiger partial charge on any atom is -0.406 e. The largest absolute Gasteiger partial charge is 0.406 e. The first-order valence-corrected chi connectivity index (χ1v) is 11.9. The lowest BCUT2D eigenvalue weighted by Crippen LogP contribution is -2.46. The zero-order valence-electron chi connectivity index (χ0n) is 13.9. The molecule has 1 aliphatic rings. The summed E-state index contributed by atoms with van der Waals surface area (Å²) >= 11 is 18.4. The van der Waals surface area contributed by atoms with Crippen LogP contribution in [0.4, 0.5) is 0 Å². The number of hydrogen-bond acceptors (Lipinski definition) is 1. The minimum absolute atomic E-state index is 0.0971. The average Bonchev–Trinajstić information content (AvgIpc) is 2.33. The molecule has 5 heteroatoms. The molecule has 0 saturated heterocycles. The third kappa shape index (κ3) is 6.43. The van der Waals surface area contributed by atoms with Crippen LogP contribution in [0.1, 0.15) is 52.9 Å². The summed E-state index contributed by atoms with van der Waals surface area (Å²) in [5.74, 6) is 0.608. The summed E-state index contributed by atoms with van der Waals surface area (Å²) in [5.41, 5.74) is 0. The maximum absolute atomic E-state index is 6.31. The van der Waals surface area contributed by atoms with Gasteiger partial charge in [0.05, 0.1) is 0 Å². The monoisotopic (exact) mass is 370 g/mol. The molecule has 1 rings (SSSR count). The molecular formula is C16H29Cl3OSi. The van der Waals surface area contributed by atoms with Crippen LogP contribution in [0.5, 0.6) is 0 Å². The van der Waals surface area contributed by atoms with Crippen molar-refractivity contribution in [2.24, 2.45) is 5.92 Å². The fourth-order valence-corrected chi connectivity index (χ4v) is 4.11. The van der Waals surface area contributed by atoms with Crippen LogP contribution in [-0.2, 0) is 4.43 Å². The van der Waals surface area contributed by atoms with E-state index in [1.165, 1.54) is 32.1 Å². The number of alkyl halides is 3. The normalized spacial score (nSPS) is 21.0. The molecule has 0 radical (unpaired) electrons. The first kappa shape index (κ1) is 19.8. The van der Waals surface area contributed by atoms with Crippen molar-refractivity contribution < 1.29 is 4.43 Å². The highest BCUT2D eigenvalue weighted by molar-refractivity contribution is 6.74. The lowest BCUT2D eigenvalue weighted by molar-refractivity contribution is 0.227. The predicted octanol–water partition coefficient (Wildman–Crippen LogP) is 6.88. The Hall–Kier alpha value is 0.787. The highest BCUT2D eigenvalue weighted by atomic mass is 35.6. The molecule has 0 amide bonds. The first-order valence-electron chi connectivity index (χ1n) is 7.86. The van der Waals surface area contributed by atoms with Crippen LogP contribution in [0.2, 0.25) is 18.1 Å². The molecule has 0 N–H and O–H groups in total. The van der Waals surface area contributed by atoms with Crippen LogP contribution in [0.25, 0.3) is 0 Å². The zero-order chi connectivity index (χ0) is 16.3. The summed E-state index contributed by atoms with van der Waals surface area (Å²) in [5, 5.41) is 0.0971. The summed E-state index contributed by atoms with van der Waals surface area (Å²) in [4.78, 5) is 0. The average molecular weight is 372 g/mol. The Morgan fingerprint density at radius 2 is 1.57 bits per heavy atom. The zero-order valence-corrected chi connectivity index (χ0v) is 17.2. The molecule has 0 aromatic rings. The molecular weight excluding hydrogens is 343 g/mol. The molecule has 0 unspecified atom stereocenters. The van der Waals surface area contributed by atoms with Gasteiger partial charge in [0.1, 0.15) is 6.10 Å². The molecule has 1 aliphatic carbocycles. The molecule has 21 heavy (non-hydrogen) atoms. The van der Waals surface area contributed by atoms with Crippen molar-refractivity contribution in [3.63, 3.8) is 0 Å². The highest BCUT2D eigenvalue weighted by Gasteiger charge is 2.43. The second-order valence-electron chi connectivity index (χ2n) is 7.62. The van der Waals surface area contributed by atoms with E-state index in [2.05, 4.69) is 39.9 Å². The molecule has 1 nitrogen and oxygen atoms in total. The van der Waals surface area contributed by atoms with Crippen molar-refractivity contribution in [2.75, 3.05) is 0 Å². The second-order valence-corrected chi connectivity index (χ2v) is 14.7. The predicted molar refractivity (Wildman–Crippen MR) is 98.1 cm³/mol. The molecule has 0 aromatic carbocycles. The van der Waals surface area contributed by atoms with E-state index >= 15 is 0 Å². The van der Waals surface area contributed by atoms with Crippen LogP contribution in [0.15, 0.2) is 12.2 Å². The standard InChI is InChI=1S/C16H29Cl3OSi/c1-15(2,3)21(4,5)20-14(16(17,18)19)12-11-13-9-7-6-8-10-13/h11-14H,6-10H2,1-5H3/b12-11+/t14-/m0/s1. The Bertz CT molecular complexity index is 350. The maximum atomic E-state index is 6.31. The van der Waals surface area contributed by atoms with Crippen molar-refractivity contribution in [1.82, 2.24) is 0 Å². The fourth-order valence-electron chi connectivity index (χ4n) is 2.29. The number of rotatable bonds is 4. The van der Waals surface area contributed by atoms with Crippen molar-refractivity contribution >= 4 is 43.1 Å². The van der Waals surface area contributed by atoms with Crippen LogP contribution in [-0.4, -0.2) is 18.2 Å². The van der Waals surface area contributed by atoms with Gasteiger partial charge in [0.15, 0.2) is 8.32 Å². The molecule has 0 bridgehead atoms. The molecule has 0 aromatic heterocycles. The molecule has 1 saturated carbocycles. The van der Waals surface area contributed by atoms with Crippen LogP contribution >= 0.6 is 34.8 Å². The van der Waals surface area contributed by atoms with E-state index in [0.717, 1.165) is 0 Å².